The van der Waals surface area contributed by atoms with Gasteiger partial charge in [-0.1, -0.05) is 38.8 Å². The van der Waals surface area contributed by atoms with Crippen LogP contribution in [0.15, 0.2) is 24.3 Å². The van der Waals surface area contributed by atoms with E-state index in [1.165, 1.54) is 12.0 Å². The molecule has 126 valence electrons. The average Bonchev–Trinajstić information content (AvgIpc) is 2.56. The normalized spacial score (nSPS) is 22.2. The molecule has 0 saturated heterocycles. The van der Waals surface area contributed by atoms with Gasteiger partial charge in [0.25, 0.3) is 5.91 Å². The SMILES string of the molecule is CCc1ccc(C(=O)O[C@H](C)C(=O)N[C@H]2CCCC[C@@H]2C)cc1. The monoisotopic (exact) mass is 317 g/mol. The van der Waals surface area contributed by atoms with Crippen LogP contribution < -0.4 is 5.32 Å². The lowest BCUT2D eigenvalue weighted by atomic mass is 9.86. The topological polar surface area (TPSA) is 55.4 Å². The summed E-state index contributed by atoms with van der Waals surface area (Å²) < 4.78 is 5.30. The van der Waals surface area contributed by atoms with Crippen LogP contribution in [0.25, 0.3) is 0 Å². The number of rotatable bonds is 5. The molecule has 1 N–H and O–H groups in total. The lowest BCUT2D eigenvalue weighted by Crippen LogP contribution is -2.45. The Hall–Kier alpha value is -1.84. The number of nitrogens with one attached hydrogen (secondary N) is 1. The highest BCUT2D eigenvalue weighted by molar-refractivity contribution is 5.92. The molecule has 1 aliphatic carbocycles. The molecule has 1 aliphatic rings. The smallest absolute Gasteiger partial charge is 0.338 e. The highest BCUT2D eigenvalue weighted by atomic mass is 16.5. The third kappa shape index (κ3) is 4.81. The fourth-order valence-electron chi connectivity index (χ4n) is 2.99. The summed E-state index contributed by atoms with van der Waals surface area (Å²) in [6, 6.07) is 7.50. The van der Waals surface area contributed by atoms with Crippen molar-refractivity contribution in [3.63, 3.8) is 0 Å². The highest BCUT2D eigenvalue weighted by Gasteiger charge is 2.26. The summed E-state index contributed by atoms with van der Waals surface area (Å²) in [5.41, 5.74) is 1.64. The molecule has 0 spiro atoms. The second kappa shape index (κ2) is 8.14. The molecule has 1 aromatic rings. The summed E-state index contributed by atoms with van der Waals surface area (Å²) in [7, 11) is 0. The standard InChI is InChI=1S/C19H27NO3/c1-4-15-9-11-16(12-10-15)19(22)23-14(3)18(21)20-17-8-6-5-7-13(17)2/h9-14,17H,4-8H2,1-3H3,(H,20,21)/t13-,14+,17-/m0/s1. The van der Waals surface area contributed by atoms with Gasteiger partial charge in [-0.05, 0) is 49.8 Å². The minimum Gasteiger partial charge on any atom is -0.449 e. The van der Waals surface area contributed by atoms with Crippen LogP contribution in [0.5, 0.6) is 0 Å². The first-order chi connectivity index (χ1) is 11.0. The molecule has 0 radical (unpaired) electrons. The molecular weight excluding hydrogens is 290 g/mol. The summed E-state index contributed by atoms with van der Waals surface area (Å²) in [5.74, 6) is -0.175. The van der Waals surface area contributed by atoms with E-state index in [1.807, 2.05) is 12.1 Å². The van der Waals surface area contributed by atoms with E-state index in [1.54, 1.807) is 19.1 Å². The van der Waals surface area contributed by atoms with Gasteiger partial charge in [-0.3, -0.25) is 4.79 Å². The highest BCUT2D eigenvalue weighted by Crippen LogP contribution is 2.23. The van der Waals surface area contributed by atoms with Crippen LogP contribution in [0.1, 0.15) is 62.4 Å². The number of esters is 1. The first kappa shape index (κ1) is 17.5. The van der Waals surface area contributed by atoms with E-state index in [-0.39, 0.29) is 11.9 Å². The molecule has 23 heavy (non-hydrogen) atoms. The van der Waals surface area contributed by atoms with Gasteiger partial charge in [-0.2, -0.15) is 0 Å². The van der Waals surface area contributed by atoms with E-state index >= 15 is 0 Å². The first-order valence-electron chi connectivity index (χ1n) is 8.61. The van der Waals surface area contributed by atoms with Gasteiger partial charge in [0.15, 0.2) is 6.10 Å². The minimum absolute atomic E-state index is 0.196. The Morgan fingerprint density at radius 2 is 1.87 bits per heavy atom. The zero-order valence-corrected chi connectivity index (χ0v) is 14.3. The number of benzene rings is 1. The van der Waals surface area contributed by atoms with Crippen molar-refractivity contribution in [2.24, 2.45) is 5.92 Å². The number of carbonyl (C=O) groups excluding carboxylic acids is 2. The van der Waals surface area contributed by atoms with Crippen LogP contribution in [0.4, 0.5) is 0 Å². The fourth-order valence-corrected chi connectivity index (χ4v) is 2.99. The Kier molecular flexibility index (Phi) is 6.20. The van der Waals surface area contributed by atoms with Crippen LogP contribution in [0.2, 0.25) is 0 Å². The van der Waals surface area contributed by atoms with Crippen LogP contribution >= 0.6 is 0 Å². The van der Waals surface area contributed by atoms with Gasteiger partial charge in [0.2, 0.25) is 0 Å². The van der Waals surface area contributed by atoms with Crippen molar-refractivity contribution in [1.29, 1.82) is 0 Å². The Bertz CT molecular complexity index is 538. The van der Waals surface area contributed by atoms with E-state index < -0.39 is 12.1 Å². The van der Waals surface area contributed by atoms with Gasteiger partial charge in [-0.25, -0.2) is 4.79 Å². The predicted octanol–water partition coefficient (Wildman–Crippen LogP) is 3.49. The van der Waals surface area contributed by atoms with Gasteiger partial charge < -0.3 is 10.1 Å². The molecule has 2 rings (SSSR count). The summed E-state index contributed by atoms with van der Waals surface area (Å²) in [4.78, 5) is 24.3. The number of carbonyl (C=O) groups is 2. The van der Waals surface area contributed by atoms with Crippen molar-refractivity contribution in [2.45, 2.75) is 65.0 Å². The number of amides is 1. The molecule has 3 atom stereocenters. The zero-order chi connectivity index (χ0) is 16.8. The molecule has 1 fully saturated rings. The summed E-state index contributed by atoms with van der Waals surface area (Å²) in [6.45, 7) is 5.85. The summed E-state index contributed by atoms with van der Waals surface area (Å²) in [6.07, 6.45) is 4.67. The second-order valence-electron chi connectivity index (χ2n) is 6.47. The van der Waals surface area contributed by atoms with Crippen molar-refractivity contribution in [1.82, 2.24) is 5.32 Å². The maximum absolute atomic E-state index is 12.2. The van der Waals surface area contributed by atoms with E-state index in [0.717, 1.165) is 25.7 Å². The largest absolute Gasteiger partial charge is 0.449 e. The molecule has 0 aliphatic heterocycles. The molecule has 1 amide bonds. The fraction of sp³-hybridized carbons (Fsp3) is 0.579. The van der Waals surface area contributed by atoms with E-state index in [2.05, 4.69) is 19.2 Å². The molecule has 0 bridgehead atoms. The Morgan fingerprint density at radius 1 is 1.22 bits per heavy atom. The Labute approximate surface area is 138 Å². The maximum Gasteiger partial charge on any atom is 0.338 e. The van der Waals surface area contributed by atoms with E-state index in [0.29, 0.717) is 11.5 Å². The average molecular weight is 317 g/mol. The molecule has 1 saturated carbocycles. The molecular formula is C19H27NO3. The van der Waals surface area contributed by atoms with Gasteiger partial charge in [0.05, 0.1) is 5.56 Å². The van der Waals surface area contributed by atoms with Crippen LogP contribution in [0.3, 0.4) is 0 Å². The van der Waals surface area contributed by atoms with Gasteiger partial charge in [0.1, 0.15) is 0 Å². The summed E-state index contributed by atoms with van der Waals surface area (Å²) >= 11 is 0. The molecule has 4 nitrogen and oxygen atoms in total. The van der Waals surface area contributed by atoms with Crippen molar-refractivity contribution in [2.75, 3.05) is 0 Å². The second-order valence-corrected chi connectivity index (χ2v) is 6.47. The third-order valence-corrected chi connectivity index (χ3v) is 4.69. The van der Waals surface area contributed by atoms with Crippen molar-refractivity contribution >= 4 is 11.9 Å². The Balaban J connectivity index is 1.87. The number of aryl methyl sites for hydroxylation is 1. The van der Waals surface area contributed by atoms with E-state index in [9.17, 15) is 9.59 Å². The van der Waals surface area contributed by atoms with Gasteiger partial charge >= 0.3 is 5.97 Å². The van der Waals surface area contributed by atoms with E-state index in [4.69, 9.17) is 4.74 Å². The quantitative estimate of drug-likeness (QED) is 0.846. The van der Waals surface area contributed by atoms with Crippen LogP contribution in [0, 0.1) is 5.92 Å². The lowest BCUT2D eigenvalue weighted by Gasteiger charge is -2.30. The summed E-state index contributed by atoms with van der Waals surface area (Å²) in [5, 5.41) is 3.03. The zero-order valence-electron chi connectivity index (χ0n) is 14.3. The van der Waals surface area contributed by atoms with Crippen molar-refractivity contribution in [3.05, 3.63) is 35.4 Å². The van der Waals surface area contributed by atoms with Crippen molar-refractivity contribution in [3.8, 4) is 0 Å². The first-order valence-corrected chi connectivity index (χ1v) is 8.61. The molecule has 4 heteroatoms. The Morgan fingerprint density at radius 3 is 2.48 bits per heavy atom. The predicted molar refractivity (Wildman–Crippen MR) is 90.3 cm³/mol. The van der Waals surface area contributed by atoms with Crippen LogP contribution in [-0.4, -0.2) is 24.0 Å². The van der Waals surface area contributed by atoms with Gasteiger partial charge in [0, 0.05) is 6.04 Å². The minimum atomic E-state index is -0.775. The third-order valence-electron chi connectivity index (χ3n) is 4.69. The molecule has 0 heterocycles. The van der Waals surface area contributed by atoms with Crippen molar-refractivity contribution < 1.29 is 14.3 Å². The van der Waals surface area contributed by atoms with Gasteiger partial charge in [-0.15, -0.1) is 0 Å². The molecule has 1 aromatic carbocycles. The lowest BCUT2D eigenvalue weighted by molar-refractivity contribution is -0.130. The maximum atomic E-state index is 12.2. The number of hydrogen-bond acceptors (Lipinski definition) is 3. The molecule has 0 unspecified atom stereocenters. The number of ether oxygens (including phenoxy) is 1. The van der Waals surface area contributed by atoms with Crippen LogP contribution in [-0.2, 0) is 16.0 Å². The number of hydrogen-bond donors (Lipinski definition) is 1. The molecule has 0 aromatic heterocycles.